The van der Waals surface area contributed by atoms with E-state index in [4.69, 9.17) is 11.6 Å². The second kappa shape index (κ2) is 5.61. The van der Waals surface area contributed by atoms with Gasteiger partial charge in [-0.3, -0.25) is 10.1 Å². The summed E-state index contributed by atoms with van der Waals surface area (Å²) in [5, 5.41) is 18.0. The lowest BCUT2D eigenvalue weighted by Gasteiger charge is -2.05. The van der Waals surface area contributed by atoms with E-state index in [2.05, 4.69) is 15.0 Å². The van der Waals surface area contributed by atoms with Gasteiger partial charge in [0, 0.05) is 36.3 Å². The molecule has 94 valence electrons. The minimum atomic E-state index is -0.447. The van der Waals surface area contributed by atoms with E-state index in [0.29, 0.717) is 23.7 Å². The minimum absolute atomic E-state index is 0.0256. The molecule has 2 rings (SSSR count). The highest BCUT2D eigenvalue weighted by atomic mass is 35.5. The maximum atomic E-state index is 10.6. The summed E-state index contributed by atoms with van der Waals surface area (Å²) in [6, 6.07) is 6.09. The van der Waals surface area contributed by atoms with Crippen LogP contribution in [0.3, 0.4) is 0 Å². The van der Waals surface area contributed by atoms with Gasteiger partial charge in [-0.25, -0.2) is 0 Å². The minimum Gasteiger partial charge on any atom is -0.364 e. The van der Waals surface area contributed by atoms with E-state index in [0.717, 1.165) is 5.69 Å². The van der Waals surface area contributed by atoms with Crippen molar-refractivity contribution in [3.8, 4) is 0 Å². The van der Waals surface area contributed by atoms with Gasteiger partial charge < -0.3 is 9.84 Å². The van der Waals surface area contributed by atoms with Crippen LogP contribution in [0.1, 0.15) is 11.3 Å². The fourth-order valence-electron chi connectivity index (χ4n) is 1.46. The van der Waals surface area contributed by atoms with E-state index < -0.39 is 4.92 Å². The number of nitro benzene ring substituents is 1. The largest absolute Gasteiger partial charge is 0.364 e. The highest BCUT2D eigenvalue weighted by Crippen LogP contribution is 2.21. The maximum Gasteiger partial charge on any atom is 0.269 e. The molecule has 0 unspecified atom stereocenters. The van der Waals surface area contributed by atoms with E-state index in [-0.39, 0.29) is 5.69 Å². The van der Waals surface area contributed by atoms with Gasteiger partial charge in [0.05, 0.1) is 10.6 Å². The Bertz CT molecular complexity index is 542. The number of aromatic nitrogens is 1. The second-order valence-corrected chi connectivity index (χ2v) is 4.03. The Morgan fingerprint density at radius 3 is 2.89 bits per heavy atom. The van der Waals surface area contributed by atoms with Crippen LogP contribution in [0.2, 0.25) is 5.02 Å². The zero-order valence-corrected chi connectivity index (χ0v) is 10.1. The van der Waals surface area contributed by atoms with Gasteiger partial charge in [0.1, 0.15) is 6.26 Å². The van der Waals surface area contributed by atoms with Crippen LogP contribution >= 0.6 is 11.6 Å². The summed E-state index contributed by atoms with van der Waals surface area (Å²) in [6.45, 7) is 0.933. The van der Waals surface area contributed by atoms with Gasteiger partial charge in [0.25, 0.3) is 5.69 Å². The van der Waals surface area contributed by atoms with Crippen molar-refractivity contribution < 1.29 is 9.45 Å². The Balaban J connectivity index is 2.00. The van der Waals surface area contributed by atoms with Gasteiger partial charge in [-0.15, -0.1) is 0 Å². The van der Waals surface area contributed by atoms with E-state index in [1.54, 1.807) is 6.07 Å². The van der Waals surface area contributed by atoms with Gasteiger partial charge in [-0.1, -0.05) is 16.8 Å². The monoisotopic (exact) mass is 267 g/mol. The van der Waals surface area contributed by atoms with Crippen molar-refractivity contribution in [3.63, 3.8) is 0 Å². The summed E-state index contributed by atoms with van der Waals surface area (Å²) in [6.07, 6.45) is 1.48. The predicted octanol–water partition coefficient (Wildman–Crippen LogP) is 2.53. The van der Waals surface area contributed by atoms with Crippen LogP contribution in [0, 0.1) is 10.1 Å². The molecule has 1 heterocycles. The normalized spacial score (nSPS) is 10.5. The Labute approximate surface area is 108 Å². The molecule has 0 amide bonds. The quantitative estimate of drug-likeness (QED) is 0.665. The molecular formula is C11H10ClN3O3. The standard InChI is InChI=1S/C11H10ClN3O3/c12-11-2-1-10(15(16)17)5-8(11)6-13-7-9-3-4-18-14-9/h1-5,13H,6-7H2. The summed E-state index contributed by atoms with van der Waals surface area (Å²) < 4.78 is 4.69. The summed E-state index contributed by atoms with van der Waals surface area (Å²) >= 11 is 5.96. The third-order valence-corrected chi connectivity index (χ3v) is 2.72. The van der Waals surface area contributed by atoms with Crippen LogP contribution in [0.5, 0.6) is 0 Å². The van der Waals surface area contributed by atoms with Crippen molar-refractivity contribution >= 4 is 17.3 Å². The Hall–Kier alpha value is -1.92. The summed E-state index contributed by atoms with van der Waals surface area (Å²) in [5.41, 5.74) is 1.46. The topological polar surface area (TPSA) is 81.2 Å². The maximum absolute atomic E-state index is 10.6. The summed E-state index contributed by atoms with van der Waals surface area (Å²) in [5.74, 6) is 0. The Morgan fingerprint density at radius 1 is 1.39 bits per heavy atom. The lowest BCUT2D eigenvalue weighted by Crippen LogP contribution is -2.13. The van der Waals surface area contributed by atoms with Crippen molar-refractivity contribution in [1.29, 1.82) is 0 Å². The van der Waals surface area contributed by atoms with Crippen molar-refractivity contribution in [1.82, 2.24) is 10.5 Å². The molecule has 0 saturated carbocycles. The number of rotatable bonds is 5. The van der Waals surface area contributed by atoms with Gasteiger partial charge in [0.2, 0.25) is 0 Å². The fraction of sp³-hybridized carbons (Fsp3) is 0.182. The van der Waals surface area contributed by atoms with Crippen LogP contribution < -0.4 is 5.32 Å². The van der Waals surface area contributed by atoms with Gasteiger partial charge in [-0.2, -0.15) is 0 Å². The number of nitrogens with zero attached hydrogens (tertiary/aromatic N) is 2. The first-order valence-corrected chi connectivity index (χ1v) is 5.57. The molecule has 0 spiro atoms. The number of nitrogens with one attached hydrogen (secondary N) is 1. The van der Waals surface area contributed by atoms with Crippen molar-refractivity contribution in [2.24, 2.45) is 0 Å². The molecule has 1 aromatic heterocycles. The van der Waals surface area contributed by atoms with E-state index in [1.165, 1.54) is 24.5 Å². The third kappa shape index (κ3) is 3.06. The Kier molecular flexibility index (Phi) is 3.91. The van der Waals surface area contributed by atoms with Crippen LogP contribution in [0.15, 0.2) is 35.1 Å². The van der Waals surface area contributed by atoms with E-state index in [9.17, 15) is 10.1 Å². The van der Waals surface area contributed by atoms with Gasteiger partial charge in [-0.05, 0) is 11.6 Å². The van der Waals surface area contributed by atoms with E-state index in [1.807, 2.05) is 0 Å². The molecule has 0 fully saturated rings. The lowest BCUT2D eigenvalue weighted by atomic mass is 10.2. The molecule has 2 aromatic rings. The zero-order chi connectivity index (χ0) is 13.0. The number of hydrogen-bond donors (Lipinski definition) is 1. The number of non-ortho nitro benzene ring substituents is 1. The molecule has 0 radical (unpaired) electrons. The average molecular weight is 268 g/mol. The first-order chi connectivity index (χ1) is 8.66. The lowest BCUT2D eigenvalue weighted by molar-refractivity contribution is -0.384. The predicted molar refractivity (Wildman–Crippen MR) is 65.2 cm³/mol. The van der Waals surface area contributed by atoms with Crippen LogP contribution in [-0.2, 0) is 13.1 Å². The summed E-state index contributed by atoms with van der Waals surface area (Å²) in [4.78, 5) is 10.2. The molecular weight excluding hydrogens is 258 g/mol. The number of nitro groups is 1. The first kappa shape index (κ1) is 12.5. The number of benzene rings is 1. The second-order valence-electron chi connectivity index (χ2n) is 3.63. The molecule has 0 atom stereocenters. The molecule has 7 heteroatoms. The first-order valence-electron chi connectivity index (χ1n) is 5.19. The van der Waals surface area contributed by atoms with Crippen LogP contribution in [0.4, 0.5) is 5.69 Å². The van der Waals surface area contributed by atoms with Gasteiger partial charge >= 0.3 is 0 Å². The molecule has 1 N–H and O–H groups in total. The van der Waals surface area contributed by atoms with Crippen LogP contribution in [-0.4, -0.2) is 10.1 Å². The van der Waals surface area contributed by atoms with Crippen LogP contribution in [0.25, 0.3) is 0 Å². The third-order valence-electron chi connectivity index (χ3n) is 2.35. The van der Waals surface area contributed by atoms with Gasteiger partial charge in [0.15, 0.2) is 0 Å². The average Bonchev–Trinajstić information content (AvgIpc) is 2.84. The molecule has 0 bridgehead atoms. The molecule has 0 aliphatic carbocycles. The van der Waals surface area contributed by atoms with E-state index >= 15 is 0 Å². The molecule has 0 saturated heterocycles. The highest BCUT2D eigenvalue weighted by molar-refractivity contribution is 6.31. The highest BCUT2D eigenvalue weighted by Gasteiger charge is 2.09. The molecule has 6 nitrogen and oxygen atoms in total. The molecule has 0 aliphatic heterocycles. The zero-order valence-electron chi connectivity index (χ0n) is 9.30. The molecule has 1 aromatic carbocycles. The smallest absolute Gasteiger partial charge is 0.269 e. The fourth-order valence-corrected chi connectivity index (χ4v) is 1.65. The number of halogens is 1. The van der Waals surface area contributed by atoms with Crippen molar-refractivity contribution in [2.45, 2.75) is 13.1 Å². The Morgan fingerprint density at radius 2 is 2.22 bits per heavy atom. The SMILES string of the molecule is O=[N+]([O-])c1ccc(Cl)c(CNCc2ccon2)c1. The van der Waals surface area contributed by atoms with Crippen molar-refractivity contribution in [2.75, 3.05) is 0 Å². The van der Waals surface area contributed by atoms with Crippen molar-refractivity contribution in [3.05, 3.63) is 56.9 Å². The molecule has 0 aliphatic rings. The molecule has 18 heavy (non-hydrogen) atoms. The number of hydrogen-bond acceptors (Lipinski definition) is 5. The summed E-state index contributed by atoms with van der Waals surface area (Å²) in [7, 11) is 0.